The molecule has 0 aliphatic carbocycles. The largest absolute Gasteiger partial charge is 0.490 e. The minimum atomic E-state index is -0.197. The van der Waals surface area contributed by atoms with Crippen LogP contribution in [0.25, 0.3) is 5.70 Å². The lowest BCUT2D eigenvalue weighted by atomic mass is 9.95. The van der Waals surface area contributed by atoms with E-state index in [-0.39, 0.29) is 18.1 Å². The average molecular weight is 431 g/mol. The van der Waals surface area contributed by atoms with Crippen LogP contribution in [0.1, 0.15) is 36.0 Å². The monoisotopic (exact) mass is 431 g/mol. The summed E-state index contributed by atoms with van der Waals surface area (Å²) >= 11 is 0. The lowest BCUT2D eigenvalue weighted by Crippen LogP contribution is -2.34. The van der Waals surface area contributed by atoms with Crippen molar-refractivity contribution in [1.29, 1.82) is 0 Å². The highest BCUT2D eigenvalue weighted by Crippen LogP contribution is 2.36. The lowest BCUT2D eigenvalue weighted by molar-refractivity contribution is -0.118. The fourth-order valence-corrected chi connectivity index (χ4v) is 4.17. The number of ketones is 1. The zero-order valence-electron chi connectivity index (χ0n) is 18.0. The molecule has 3 heterocycles. The van der Waals surface area contributed by atoms with Crippen molar-refractivity contribution < 1.29 is 19.1 Å². The van der Waals surface area contributed by atoms with Gasteiger partial charge >= 0.3 is 0 Å². The number of rotatable bonds is 3. The van der Waals surface area contributed by atoms with Gasteiger partial charge in [0.25, 0.3) is 0 Å². The highest BCUT2D eigenvalue weighted by molar-refractivity contribution is 6.46. The van der Waals surface area contributed by atoms with E-state index in [0.29, 0.717) is 36.8 Å². The number of benzene rings is 2. The first-order chi connectivity index (χ1) is 15.6. The molecule has 3 aliphatic heterocycles. The minimum Gasteiger partial charge on any atom is -0.490 e. The molecule has 32 heavy (non-hydrogen) atoms. The Morgan fingerprint density at radius 3 is 2.72 bits per heavy atom. The van der Waals surface area contributed by atoms with E-state index in [4.69, 9.17) is 9.47 Å². The molecule has 0 saturated heterocycles. The van der Waals surface area contributed by atoms with Gasteiger partial charge in [-0.15, -0.1) is 0 Å². The van der Waals surface area contributed by atoms with E-state index < -0.39 is 0 Å². The average Bonchev–Trinajstić information content (AvgIpc) is 3.03. The van der Waals surface area contributed by atoms with Crippen LogP contribution in [0.3, 0.4) is 0 Å². The Kier molecular flexibility index (Phi) is 5.39. The zero-order valence-corrected chi connectivity index (χ0v) is 18.0. The normalized spacial score (nSPS) is 19.0. The van der Waals surface area contributed by atoms with Crippen molar-refractivity contribution in [3.63, 3.8) is 0 Å². The van der Waals surface area contributed by atoms with Gasteiger partial charge in [0.15, 0.2) is 11.5 Å². The van der Waals surface area contributed by atoms with Crippen molar-refractivity contribution in [2.45, 2.75) is 32.6 Å². The molecule has 3 aliphatic rings. The Balaban J connectivity index is 1.46. The number of carbonyl (C=O) groups is 2. The summed E-state index contributed by atoms with van der Waals surface area (Å²) < 4.78 is 11.6. The van der Waals surface area contributed by atoms with Gasteiger partial charge in [-0.2, -0.15) is 5.10 Å². The summed E-state index contributed by atoms with van der Waals surface area (Å²) in [5.41, 5.74) is 4.88. The zero-order chi connectivity index (χ0) is 22.1. The van der Waals surface area contributed by atoms with Gasteiger partial charge in [0.1, 0.15) is 5.71 Å². The van der Waals surface area contributed by atoms with Crippen molar-refractivity contribution in [3.8, 4) is 11.5 Å². The maximum atomic E-state index is 13.1. The van der Waals surface area contributed by atoms with Gasteiger partial charge < -0.3 is 14.8 Å². The Bertz CT molecular complexity index is 1150. The van der Waals surface area contributed by atoms with Crippen molar-refractivity contribution in [1.82, 2.24) is 5.32 Å². The number of nitrogens with one attached hydrogen (secondary N) is 1. The van der Waals surface area contributed by atoms with Gasteiger partial charge in [0, 0.05) is 43.1 Å². The summed E-state index contributed by atoms with van der Waals surface area (Å²) in [6, 6.07) is 11.5. The van der Waals surface area contributed by atoms with E-state index in [1.54, 1.807) is 6.08 Å². The molecule has 1 N–H and O–H groups in total. The standard InChI is InChI=1S/C25H25N3O4/c1-16-4-2-5-18(12-16)28-25(30)7-6-20(27-28)22(29)15-21-19-14-24-23(31-10-3-11-32-24)13-17(19)8-9-26-21/h2,4-5,12-15,26H,3,6-11H2,1H3/b21-15-. The molecule has 0 unspecified atom stereocenters. The van der Waals surface area contributed by atoms with Crippen LogP contribution in [-0.2, 0) is 16.0 Å². The predicted molar refractivity (Wildman–Crippen MR) is 122 cm³/mol. The third-order valence-electron chi connectivity index (χ3n) is 5.81. The summed E-state index contributed by atoms with van der Waals surface area (Å²) in [6.45, 7) is 3.93. The molecule has 0 atom stereocenters. The number of hydrogen-bond donors (Lipinski definition) is 1. The summed E-state index contributed by atoms with van der Waals surface area (Å²) in [5.74, 6) is 1.16. The van der Waals surface area contributed by atoms with Crippen LogP contribution in [0.5, 0.6) is 11.5 Å². The Hall–Kier alpha value is -3.61. The minimum absolute atomic E-state index is 0.110. The molecular formula is C25H25N3O4. The molecule has 164 valence electrons. The Labute approximate surface area is 186 Å². The Morgan fingerprint density at radius 1 is 1.09 bits per heavy atom. The molecule has 0 aromatic heterocycles. The number of fused-ring (bicyclic) bond motifs is 2. The molecule has 7 nitrogen and oxygen atoms in total. The summed E-state index contributed by atoms with van der Waals surface area (Å²) in [6.07, 6.45) is 3.86. The number of carbonyl (C=O) groups excluding carboxylic acids is 2. The van der Waals surface area contributed by atoms with Crippen LogP contribution in [-0.4, -0.2) is 37.2 Å². The van der Waals surface area contributed by atoms with E-state index in [1.807, 2.05) is 43.3 Å². The summed E-state index contributed by atoms with van der Waals surface area (Å²) in [4.78, 5) is 25.6. The fourth-order valence-electron chi connectivity index (χ4n) is 4.17. The number of hydrazone groups is 1. The number of aryl methyl sites for hydroxylation is 1. The van der Waals surface area contributed by atoms with Gasteiger partial charge in [-0.1, -0.05) is 12.1 Å². The second kappa shape index (κ2) is 8.49. The van der Waals surface area contributed by atoms with Crippen LogP contribution >= 0.6 is 0 Å². The molecule has 7 heteroatoms. The Morgan fingerprint density at radius 2 is 1.91 bits per heavy atom. The third kappa shape index (κ3) is 3.98. The molecule has 0 bridgehead atoms. The number of nitrogens with zero attached hydrogens (tertiary/aromatic N) is 2. The van der Waals surface area contributed by atoms with Crippen molar-refractivity contribution in [2.24, 2.45) is 5.10 Å². The highest BCUT2D eigenvalue weighted by Gasteiger charge is 2.26. The lowest BCUT2D eigenvalue weighted by Gasteiger charge is -2.24. The van der Waals surface area contributed by atoms with E-state index in [1.165, 1.54) is 5.01 Å². The smallest absolute Gasteiger partial charge is 0.247 e. The first kappa shape index (κ1) is 20.3. The van der Waals surface area contributed by atoms with Crippen molar-refractivity contribution >= 4 is 28.8 Å². The SMILES string of the molecule is Cc1cccc(N2N=C(C(=O)/C=C3\NCCc4cc5c(cc43)OCCCO5)CCC2=O)c1. The maximum absolute atomic E-state index is 13.1. The van der Waals surface area contributed by atoms with Crippen molar-refractivity contribution in [2.75, 3.05) is 24.8 Å². The molecule has 1 amide bonds. The third-order valence-corrected chi connectivity index (χ3v) is 5.81. The van der Waals surface area contributed by atoms with Gasteiger partial charge in [0.2, 0.25) is 11.7 Å². The van der Waals surface area contributed by atoms with E-state index >= 15 is 0 Å². The molecule has 0 spiro atoms. The number of ether oxygens (including phenoxy) is 2. The quantitative estimate of drug-likeness (QED) is 0.754. The second-order valence-electron chi connectivity index (χ2n) is 8.20. The van der Waals surface area contributed by atoms with E-state index in [2.05, 4.69) is 10.4 Å². The molecule has 0 radical (unpaired) electrons. The first-order valence-electron chi connectivity index (χ1n) is 11.0. The van der Waals surface area contributed by atoms with Gasteiger partial charge in [-0.25, -0.2) is 5.01 Å². The van der Waals surface area contributed by atoms with E-state index in [9.17, 15) is 9.59 Å². The van der Waals surface area contributed by atoms with Gasteiger partial charge in [-0.05, 0) is 48.7 Å². The number of amides is 1. The first-order valence-corrected chi connectivity index (χ1v) is 11.0. The summed E-state index contributed by atoms with van der Waals surface area (Å²) in [5, 5.41) is 9.09. The fraction of sp³-hybridized carbons (Fsp3) is 0.320. The van der Waals surface area contributed by atoms with Gasteiger partial charge in [-0.3, -0.25) is 9.59 Å². The predicted octanol–water partition coefficient (Wildman–Crippen LogP) is 3.40. The number of hydrogen-bond acceptors (Lipinski definition) is 6. The van der Waals surface area contributed by atoms with Crippen LogP contribution in [0.4, 0.5) is 5.69 Å². The number of allylic oxidation sites excluding steroid dienone is 1. The second-order valence-corrected chi connectivity index (χ2v) is 8.20. The van der Waals surface area contributed by atoms with E-state index in [0.717, 1.165) is 47.5 Å². The van der Waals surface area contributed by atoms with Gasteiger partial charge in [0.05, 0.1) is 18.9 Å². The van der Waals surface area contributed by atoms with Crippen LogP contribution < -0.4 is 19.8 Å². The molecule has 5 rings (SSSR count). The molecule has 0 fully saturated rings. The van der Waals surface area contributed by atoms with Crippen molar-refractivity contribution in [3.05, 3.63) is 59.2 Å². The topological polar surface area (TPSA) is 80.2 Å². The molecule has 2 aromatic carbocycles. The molecule has 2 aromatic rings. The molecule has 0 saturated carbocycles. The van der Waals surface area contributed by atoms with Crippen LogP contribution in [0, 0.1) is 6.92 Å². The number of anilines is 1. The molecular weight excluding hydrogens is 406 g/mol. The van der Waals surface area contributed by atoms with Crippen LogP contribution in [0.2, 0.25) is 0 Å². The summed E-state index contributed by atoms with van der Waals surface area (Å²) in [7, 11) is 0. The highest BCUT2D eigenvalue weighted by atomic mass is 16.5. The maximum Gasteiger partial charge on any atom is 0.247 e. The van der Waals surface area contributed by atoms with Crippen LogP contribution in [0.15, 0.2) is 47.6 Å².